The number of rotatable bonds is 6. The summed E-state index contributed by atoms with van der Waals surface area (Å²) in [7, 11) is 1.60. The Hall–Kier alpha value is -3.60. The number of para-hydroxylation sites is 1. The molecule has 1 saturated heterocycles. The second-order valence-electron chi connectivity index (χ2n) is 8.51. The maximum atomic E-state index is 13.8. The smallest absolute Gasteiger partial charge is 0.255 e. The molecule has 3 aromatic carbocycles. The molecule has 3 aromatic rings. The molecule has 2 amide bonds. The largest absolute Gasteiger partial charge is 0.497 e. The van der Waals surface area contributed by atoms with Gasteiger partial charge in [0.05, 0.1) is 13.5 Å². The Balaban J connectivity index is 1.79. The summed E-state index contributed by atoms with van der Waals surface area (Å²) in [6, 6.07) is 22.9. The average molecular weight is 429 g/mol. The van der Waals surface area contributed by atoms with E-state index >= 15 is 0 Å². The van der Waals surface area contributed by atoms with Gasteiger partial charge in [-0.3, -0.25) is 14.5 Å². The summed E-state index contributed by atoms with van der Waals surface area (Å²) in [5, 5.41) is 3.07. The van der Waals surface area contributed by atoms with Gasteiger partial charge in [-0.1, -0.05) is 56.3 Å². The highest BCUT2D eigenvalue weighted by Crippen LogP contribution is 2.46. The molecular weight excluding hydrogens is 400 g/mol. The van der Waals surface area contributed by atoms with Gasteiger partial charge in [0, 0.05) is 11.4 Å². The average Bonchev–Trinajstić information content (AvgIpc) is 2.79. The van der Waals surface area contributed by atoms with Crippen LogP contribution in [0.1, 0.15) is 42.9 Å². The van der Waals surface area contributed by atoms with Crippen LogP contribution in [0.5, 0.6) is 5.75 Å². The summed E-state index contributed by atoms with van der Waals surface area (Å²) in [6.45, 7) is 6.21. The van der Waals surface area contributed by atoms with Crippen LogP contribution in [-0.2, 0) is 15.1 Å². The van der Waals surface area contributed by atoms with Crippen molar-refractivity contribution in [2.45, 2.75) is 38.6 Å². The van der Waals surface area contributed by atoms with Crippen LogP contribution in [0.4, 0.5) is 11.4 Å². The lowest BCUT2D eigenvalue weighted by Crippen LogP contribution is -2.67. The number of hydrogen-bond acceptors (Lipinski definition) is 3. The molecule has 1 aliphatic heterocycles. The SMILES string of the molecule is COc1ccc(N2C(=O)C[C@]2(C(=O)Nc2ccccc2C)c2ccc(C(C)C)cc2)cc1. The van der Waals surface area contributed by atoms with Gasteiger partial charge in [0.25, 0.3) is 5.91 Å². The van der Waals surface area contributed by atoms with E-state index in [4.69, 9.17) is 4.74 Å². The van der Waals surface area contributed by atoms with Crippen molar-refractivity contribution < 1.29 is 14.3 Å². The van der Waals surface area contributed by atoms with Crippen LogP contribution in [0.25, 0.3) is 0 Å². The quantitative estimate of drug-likeness (QED) is 0.535. The van der Waals surface area contributed by atoms with Gasteiger partial charge in [-0.15, -0.1) is 0 Å². The fraction of sp³-hybridized carbons (Fsp3) is 0.259. The zero-order valence-electron chi connectivity index (χ0n) is 18.9. The first-order chi connectivity index (χ1) is 15.4. The lowest BCUT2D eigenvalue weighted by atomic mass is 9.75. The predicted molar refractivity (Wildman–Crippen MR) is 127 cm³/mol. The van der Waals surface area contributed by atoms with Crippen molar-refractivity contribution in [2.75, 3.05) is 17.3 Å². The van der Waals surface area contributed by atoms with Gasteiger partial charge in [-0.25, -0.2) is 0 Å². The molecule has 4 rings (SSSR count). The number of benzene rings is 3. The van der Waals surface area contributed by atoms with E-state index in [1.807, 2.05) is 67.6 Å². The van der Waals surface area contributed by atoms with E-state index in [2.05, 4.69) is 19.2 Å². The second kappa shape index (κ2) is 8.50. The van der Waals surface area contributed by atoms with Crippen molar-refractivity contribution in [3.8, 4) is 5.75 Å². The molecular formula is C27H28N2O3. The van der Waals surface area contributed by atoms with E-state index in [9.17, 15) is 9.59 Å². The van der Waals surface area contributed by atoms with Crippen LogP contribution in [0, 0.1) is 6.92 Å². The summed E-state index contributed by atoms with van der Waals surface area (Å²) >= 11 is 0. The summed E-state index contributed by atoms with van der Waals surface area (Å²) in [6.07, 6.45) is 0.109. The third-order valence-electron chi connectivity index (χ3n) is 6.19. The summed E-state index contributed by atoms with van der Waals surface area (Å²) in [5.74, 6) is 0.752. The minimum atomic E-state index is -1.12. The Morgan fingerprint density at radius 1 is 1.00 bits per heavy atom. The predicted octanol–water partition coefficient (Wildman–Crippen LogP) is 5.40. The molecule has 0 radical (unpaired) electrons. The third kappa shape index (κ3) is 3.64. The molecule has 164 valence electrons. The van der Waals surface area contributed by atoms with Crippen molar-refractivity contribution in [2.24, 2.45) is 0 Å². The van der Waals surface area contributed by atoms with E-state index in [1.54, 1.807) is 24.1 Å². The maximum absolute atomic E-state index is 13.8. The molecule has 32 heavy (non-hydrogen) atoms. The maximum Gasteiger partial charge on any atom is 0.255 e. The lowest BCUT2D eigenvalue weighted by Gasteiger charge is -2.50. The van der Waals surface area contributed by atoms with Crippen LogP contribution in [-0.4, -0.2) is 18.9 Å². The van der Waals surface area contributed by atoms with Gasteiger partial charge in [-0.2, -0.15) is 0 Å². The first-order valence-corrected chi connectivity index (χ1v) is 10.8. The van der Waals surface area contributed by atoms with Gasteiger partial charge in [0.15, 0.2) is 5.54 Å². The number of nitrogens with one attached hydrogen (secondary N) is 1. The summed E-state index contributed by atoms with van der Waals surface area (Å²) in [5.41, 5.74) is 3.23. The van der Waals surface area contributed by atoms with Gasteiger partial charge in [0.1, 0.15) is 5.75 Å². The minimum Gasteiger partial charge on any atom is -0.497 e. The van der Waals surface area contributed by atoms with Crippen LogP contribution in [0.15, 0.2) is 72.8 Å². The molecule has 1 heterocycles. The van der Waals surface area contributed by atoms with E-state index < -0.39 is 5.54 Å². The number of carbonyl (C=O) groups excluding carboxylic acids is 2. The van der Waals surface area contributed by atoms with Crippen LogP contribution in [0.3, 0.4) is 0 Å². The number of aryl methyl sites for hydroxylation is 1. The molecule has 1 N–H and O–H groups in total. The highest BCUT2D eigenvalue weighted by Gasteiger charge is 2.58. The fourth-order valence-corrected chi connectivity index (χ4v) is 4.22. The van der Waals surface area contributed by atoms with Crippen LogP contribution >= 0.6 is 0 Å². The summed E-state index contributed by atoms with van der Waals surface area (Å²) in [4.78, 5) is 28.3. The lowest BCUT2D eigenvalue weighted by molar-refractivity contribution is -0.137. The molecule has 0 aromatic heterocycles. The molecule has 1 fully saturated rings. The molecule has 0 bridgehead atoms. The molecule has 5 nitrogen and oxygen atoms in total. The van der Waals surface area contributed by atoms with Crippen molar-refractivity contribution in [3.05, 3.63) is 89.5 Å². The zero-order chi connectivity index (χ0) is 22.9. The Kier molecular flexibility index (Phi) is 5.74. The minimum absolute atomic E-state index is 0.0944. The van der Waals surface area contributed by atoms with Crippen LogP contribution < -0.4 is 15.0 Å². The first-order valence-electron chi connectivity index (χ1n) is 10.8. The number of carbonyl (C=O) groups is 2. The van der Waals surface area contributed by atoms with Crippen molar-refractivity contribution in [3.63, 3.8) is 0 Å². The highest BCUT2D eigenvalue weighted by atomic mass is 16.5. The number of amides is 2. The molecule has 0 aliphatic carbocycles. The van der Waals surface area contributed by atoms with E-state index in [1.165, 1.54) is 5.56 Å². The Bertz CT molecular complexity index is 1140. The molecule has 0 saturated carbocycles. The number of hydrogen-bond donors (Lipinski definition) is 1. The number of ether oxygens (including phenoxy) is 1. The van der Waals surface area contributed by atoms with Crippen molar-refractivity contribution >= 4 is 23.2 Å². The number of nitrogens with zero attached hydrogens (tertiary/aromatic N) is 1. The number of methoxy groups -OCH3 is 1. The topological polar surface area (TPSA) is 58.6 Å². The van der Waals surface area contributed by atoms with Crippen molar-refractivity contribution in [1.29, 1.82) is 0 Å². The van der Waals surface area contributed by atoms with Gasteiger partial charge >= 0.3 is 0 Å². The monoisotopic (exact) mass is 428 g/mol. The fourth-order valence-electron chi connectivity index (χ4n) is 4.22. The van der Waals surface area contributed by atoms with Gasteiger partial charge < -0.3 is 10.1 Å². The van der Waals surface area contributed by atoms with E-state index in [0.717, 1.165) is 16.8 Å². The van der Waals surface area contributed by atoms with E-state index in [0.29, 0.717) is 17.4 Å². The number of β-lactam (4-membered cyclic amide) rings is 1. The molecule has 5 heteroatoms. The molecule has 0 unspecified atom stereocenters. The molecule has 0 spiro atoms. The normalized spacial score (nSPS) is 17.8. The van der Waals surface area contributed by atoms with Gasteiger partial charge in [-0.05, 0) is 59.9 Å². The Morgan fingerprint density at radius 2 is 1.66 bits per heavy atom. The first kappa shape index (κ1) is 21.6. The summed E-state index contributed by atoms with van der Waals surface area (Å²) < 4.78 is 5.26. The van der Waals surface area contributed by atoms with E-state index in [-0.39, 0.29) is 18.2 Å². The number of anilines is 2. The van der Waals surface area contributed by atoms with Crippen molar-refractivity contribution in [1.82, 2.24) is 0 Å². The highest BCUT2D eigenvalue weighted by molar-refractivity contribution is 6.17. The molecule has 1 atom stereocenters. The standard InChI is InChI=1S/C27H28N2O3/c1-18(2)20-9-11-21(12-10-20)27(26(31)28-24-8-6-5-7-19(24)3)17-25(30)29(27)22-13-15-23(32-4)16-14-22/h5-16,18H,17H2,1-4H3,(H,28,31)/t27-/m1/s1. The van der Waals surface area contributed by atoms with Gasteiger partial charge in [0.2, 0.25) is 5.91 Å². The van der Waals surface area contributed by atoms with Crippen LogP contribution in [0.2, 0.25) is 0 Å². The zero-order valence-corrected chi connectivity index (χ0v) is 18.9. The molecule has 1 aliphatic rings. The second-order valence-corrected chi connectivity index (χ2v) is 8.51. The Labute approximate surface area is 189 Å². The Morgan fingerprint density at radius 3 is 2.22 bits per heavy atom. The third-order valence-corrected chi connectivity index (χ3v) is 6.19.